The highest BCUT2D eigenvalue weighted by atomic mass is 32.2. The molecule has 0 saturated heterocycles. The van der Waals surface area contributed by atoms with Crippen molar-refractivity contribution in [3.8, 4) is 0 Å². The summed E-state index contributed by atoms with van der Waals surface area (Å²) in [6.45, 7) is 1.69. The van der Waals surface area contributed by atoms with Gasteiger partial charge < -0.3 is 10.4 Å². The Labute approximate surface area is 102 Å². The van der Waals surface area contributed by atoms with Crippen molar-refractivity contribution in [2.75, 3.05) is 19.3 Å². The van der Waals surface area contributed by atoms with Crippen LogP contribution in [-0.2, 0) is 23.2 Å². The molecule has 6 heteroatoms. The van der Waals surface area contributed by atoms with Gasteiger partial charge in [0.05, 0.1) is 12.9 Å². The predicted molar refractivity (Wildman–Crippen MR) is 66.9 cm³/mol. The first-order valence-corrected chi connectivity index (χ1v) is 7.24. The molecule has 0 heterocycles. The van der Waals surface area contributed by atoms with Crippen LogP contribution in [0.2, 0.25) is 0 Å². The summed E-state index contributed by atoms with van der Waals surface area (Å²) in [6, 6.07) is 7.60. The molecule has 3 N–H and O–H groups in total. The van der Waals surface area contributed by atoms with Gasteiger partial charge in [-0.2, -0.15) is 0 Å². The van der Waals surface area contributed by atoms with Gasteiger partial charge in [0.25, 0.3) is 0 Å². The Morgan fingerprint density at radius 3 is 2.24 bits per heavy atom. The summed E-state index contributed by atoms with van der Waals surface area (Å²) in [4.78, 5) is 0. The number of aliphatic hydroxyl groups excluding tert-OH is 1. The van der Waals surface area contributed by atoms with Crippen molar-refractivity contribution in [3.05, 3.63) is 35.4 Å². The molecule has 0 amide bonds. The van der Waals surface area contributed by atoms with Crippen molar-refractivity contribution in [3.63, 3.8) is 0 Å². The molecule has 1 rings (SSSR count). The van der Waals surface area contributed by atoms with Crippen molar-refractivity contribution in [2.45, 2.75) is 13.2 Å². The number of rotatable bonds is 7. The molecule has 5 nitrogen and oxygen atoms in total. The van der Waals surface area contributed by atoms with E-state index in [1.54, 1.807) is 0 Å². The largest absolute Gasteiger partial charge is 0.392 e. The first-order valence-electron chi connectivity index (χ1n) is 5.35. The summed E-state index contributed by atoms with van der Waals surface area (Å²) in [7, 11) is -3.10. The van der Waals surface area contributed by atoms with Gasteiger partial charge in [0.2, 0.25) is 10.0 Å². The second kappa shape index (κ2) is 6.70. The molecule has 0 bridgehead atoms. The summed E-state index contributed by atoms with van der Waals surface area (Å²) in [5, 5.41) is 12.0. The molecular weight excluding hydrogens is 240 g/mol. The quantitative estimate of drug-likeness (QED) is 0.593. The van der Waals surface area contributed by atoms with Crippen LogP contribution in [0.15, 0.2) is 24.3 Å². The van der Waals surface area contributed by atoms with Crippen LogP contribution in [0.1, 0.15) is 11.1 Å². The lowest BCUT2D eigenvalue weighted by atomic mass is 10.1. The fourth-order valence-electron chi connectivity index (χ4n) is 1.32. The Morgan fingerprint density at radius 1 is 1.12 bits per heavy atom. The normalized spacial score (nSPS) is 11.6. The van der Waals surface area contributed by atoms with E-state index < -0.39 is 10.0 Å². The van der Waals surface area contributed by atoms with E-state index in [4.69, 9.17) is 5.11 Å². The molecule has 0 aliphatic rings. The van der Waals surface area contributed by atoms with Crippen LogP contribution in [-0.4, -0.2) is 32.9 Å². The highest BCUT2D eigenvalue weighted by Crippen LogP contribution is 2.03. The molecule has 0 aromatic heterocycles. The van der Waals surface area contributed by atoms with Gasteiger partial charge in [-0.1, -0.05) is 24.3 Å². The zero-order valence-corrected chi connectivity index (χ0v) is 10.6. The van der Waals surface area contributed by atoms with Gasteiger partial charge >= 0.3 is 0 Å². The van der Waals surface area contributed by atoms with Crippen LogP contribution in [0, 0.1) is 0 Å². The lowest BCUT2D eigenvalue weighted by Gasteiger charge is -2.06. The lowest BCUT2D eigenvalue weighted by molar-refractivity contribution is 0.282. The summed E-state index contributed by atoms with van der Waals surface area (Å²) in [5.74, 6) is 0. The topological polar surface area (TPSA) is 78.4 Å². The van der Waals surface area contributed by atoms with E-state index in [1.165, 1.54) is 0 Å². The molecule has 0 atom stereocenters. The fourth-order valence-corrected chi connectivity index (χ4v) is 1.79. The van der Waals surface area contributed by atoms with Crippen LogP contribution in [0.3, 0.4) is 0 Å². The van der Waals surface area contributed by atoms with Crippen LogP contribution >= 0.6 is 0 Å². The van der Waals surface area contributed by atoms with E-state index in [9.17, 15) is 8.42 Å². The first-order chi connectivity index (χ1) is 8.01. The van der Waals surface area contributed by atoms with E-state index in [2.05, 4.69) is 10.0 Å². The molecule has 17 heavy (non-hydrogen) atoms. The summed E-state index contributed by atoms with van der Waals surface area (Å²) >= 11 is 0. The second-order valence-corrected chi connectivity index (χ2v) is 5.65. The maximum atomic E-state index is 10.8. The first kappa shape index (κ1) is 14.1. The summed E-state index contributed by atoms with van der Waals surface area (Å²) < 4.78 is 23.9. The Balaban J connectivity index is 2.22. The summed E-state index contributed by atoms with van der Waals surface area (Å²) in [5.41, 5.74) is 1.98. The minimum atomic E-state index is -3.10. The zero-order chi connectivity index (χ0) is 12.7. The molecule has 1 aromatic rings. The van der Waals surface area contributed by atoms with E-state index in [0.29, 0.717) is 19.6 Å². The standard InChI is InChI=1S/C11H18N2O3S/c1-17(15,16)13-7-6-12-8-10-2-4-11(9-14)5-3-10/h2-5,12-14H,6-9H2,1H3. The molecule has 0 aliphatic carbocycles. The average Bonchev–Trinajstić information content (AvgIpc) is 2.28. The second-order valence-electron chi connectivity index (χ2n) is 3.82. The van der Waals surface area contributed by atoms with Crippen LogP contribution in [0.4, 0.5) is 0 Å². The highest BCUT2D eigenvalue weighted by molar-refractivity contribution is 7.88. The van der Waals surface area contributed by atoms with Crippen LogP contribution < -0.4 is 10.0 Å². The smallest absolute Gasteiger partial charge is 0.208 e. The molecule has 96 valence electrons. The van der Waals surface area contributed by atoms with Gasteiger partial charge in [-0.15, -0.1) is 0 Å². The van der Waals surface area contributed by atoms with Gasteiger partial charge in [-0.05, 0) is 11.1 Å². The van der Waals surface area contributed by atoms with E-state index in [0.717, 1.165) is 17.4 Å². The highest BCUT2D eigenvalue weighted by Gasteiger charge is 1.98. The van der Waals surface area contributed by atoms with Crippen LogP contribution in [0.5, 0.6) is 0 Å². The maximum Gasteiger partial charge on any atom is 0.208 e. The summed E-state index contributed by atoms with van der Waals surface area (Å²) in [6.07, 6.45) is 1.14. The third kappa shape index (κ3) is 6.38. The van der Waals surface area contributed by atoms with E-state index in [1.807, 2.05) is 24.3 Å². The van der Waals surface area contributed by atoms with Crippen molar-refractivity contribution < 1.29 is 13.5 Å². The van der Waals surface area contributed by atoms with Crippen molar-refractivity contribution >= 4 is 10.0 Å². The SMILES string of the molecule is CS(=O)(=O)NCCNCc1ccc(CO)cc1. The van der Waals surface area contributed by atoms with Crippen molar-refractivity contribution in [2.24, 2.45) is 0 Å². The Kier molecular flexibility index (Phi) is 5.57. The van der Waals surface area contributed by atoms with Gasteiger partial charge in [-0.25, -0.2) is 13.1 Å². The molecule has 0 radical (unpaired) electrons. The molecule has 1 aromatic carbocycles. The number of hydrogen-bond donors (Lipinski definition) is 3. The number of hydrogen-bond acceptors (Lipinski definition) is 4. The number of benzene rings is 1. The lowest BCUT2D eigenvalue weighted by Crippen LogP contribution is -2.30. The number of aliphatic hydroxyl groups is 1. The van der Waals surface area contributed by atoms with E-state index >= 15 is 0 Å². The monoisotopic (exact) mass is 258 g/mol. The fraction of sp³-hybridized carbons (Fsp3) is 0.455. The third-order valence-corrected chi connectivity index (χ3v) is 2.93. The number of nitrogens with one attached hydrogen (secondary N) is 2. The molecule has 0 spiro atoms. The van der Waals surface area contributed by atoms with Crippen molar-refractivity contribution in [1.29, 1.82) is 0 Å². The van der Waals surface area contributed by atoms with Gasteiger partial charge in [0.15, 0.2) is 0 Å². The molecular formula is C11H18N2O3S. The predicted octanol–water partition coefficient (Wildman–Crippen LogP) is -0.182. The Bertz CT molecular complexity index is 429. The average molecular weight is 258 g/mol. The van der Waals surface area contributed by atoms with Gasteiger partial charge in [0.1, 0.15) is 0 Å². The molecule has 0 fully saturated rings. The third-order valence-electron chi connectivity index (χ3n) is 2.20. The Hall–Kier alpha value is -0.950. The minimum absolute atomic E-state index is 0.0476. The minimum Gasteiger partial charge on any atom is -0.392 e. The molecule has 0 aliphatic heterocycles. The van der Waals surface area contributed by atoms with Crippen molar-refractivity contribution in [1.82, 2.24) is 10.0 Å². The maximum absolute atomic E-state index is 10.8. The molecule has 0 unspecified atom stereocenters. The van der Waals surface area contributed by atoms with E-state index in [-0.39, 0.29) is 6.61 Å². The zero-order valence-electron chi connectivity index (χ0n) is 9.81. The van der Waals surface area contributed by atoms with Crippen LogP contribution in [0.25, 0.3) is 0 Å². The van der Waals surface area contributed by atoms with Gasteiger partial charge in [-0.3, -0.25) is 0 Å². The molecule has 0 saturated carbocycles. The number of sulfonamides is 1. The Morgan fingerprint density at radius 2 is 1.71 bits per heavy atom. The van der Waals surface area contributed by atoms with Gasteiger partial charge in [0, 0.05) is 19.6 Å².